The first-order chi connectivity index (χ1) is 11.7. The average molecular weight is 359 g/mol. The minimum Gasteiger partial charge on any atom is -0.478 e. The summed E-state index contributed by atoms with van der Waals surface area (Å²) in [6.45, 7) is 10.3. The Kier molecular flexibility index (Phi) is 5.96. The van der Waals surface area contributed by atoms with E-state index in [9.17, 15) is 9.90 Å². The first-order valence-corrected chi connectivity index (χ1v) is 8.53. The van der Waals surface area contributed by atoms with Gasteiger partial charge in [0.2, 0.25) is 0 Å². The van der Waals surface area contributed by atoms with Crippen LogP contribution in [0.2, 0.25) is 5.02 Å². The third-order valence-electron chi connectivity index (χ3n) is 4.47. The molecule has 0 saturated heterocycles. The van der Waals surface area contributed by atoms with Crippen LogP contribution in [0.15, 0.2) is 45.0 Å². The van der Waals surface area contributed by atoms with E-state index in [0.29, 0.717) is 23.6 Å². The van der Waals surface area contributed by atoms with E-state index in [1.54, 1.807) is 19.1 Å². The Hall–Kier alpha value is -2.20. The van der Waals surface area contributed by atoms with Crippen LogP contribution in [0.5, 0.6) is 0 Å². The molecule has 1 aromatic carbocycles. The number of carbonyl (C=O) groups is 1. The smallest absolute Gasteiger partial charge is 0.335 e. The Balaban J connectivity index is 2.55. The molecule has 0 unspecified atom stereocenters. The summed E-state index contributed by atoms with van der Waals surface area (Å²) < 4.78 is 0. The minimum absolute atomic E-state index is 0.270. The van der Waals surface area contributed by atoms with E-state index in [4.69, 9.17) is 16.6 Å². The number of halogens is 1. The first kappa shape index (κ1) is 19.1. The Morgan fingerprint density at radius 3 is 2.52 bits per heavy atom. The summed E-state index contributed by atoms with van der Waals surface area (Å²) in [5.41, 5.74) is 6.65. The van der Waals surface area contributed by atoms with Crippen LogP contribution in [-0.4, -0.2) is 29.0 Å². The number of nitrogens with zero attached hydrogens (tertiary/aromatic N) is 2. The van der Waals surface area contributed by atoms with Gasteiger partial charge < -0.3 is 5.11 Å². The predicted molar refractivity (Wildman–Crippen MR) is 104 cm³/mol. The van der Waals surface area contributed by atoms with Gasteiger partial charge in [0.15, 0.2) is 0 Å². The van der Waals surface area contributed by atoms with Gasteiger partial charge in [-0.2, -0.15) is 0 Å². The summed E-state index contributed by atoms with van der Waals surface area (Å²) in [4.78, 5) is 20.8. The number of carboxylic acid groups (broad SMARTS) is 1. The molecule has 0 aliphatic carbocycles. The molecule has 0 amide bonds. The van der Waals surface area contributed by atoms with Crippen LogP contribution < -0.4 is 0 Å². The van der Waals surface area contributed by atoms with Gasteiger partial charge in [-0.15, -0.1) is 0 Å². The number of aromatic carboxylic acids is 1. The topological polar surface area (TPSA) is 62.0 Å². The Labute approximate surface area is 153 Å². The van der Waals surface area contributed by atoms with Crippen molar-refractivity contribution in [1.29, 1.82) is 0 Å². The molecule has 0 bridgehead atoms. The maximum Gasteiger partial charge on any atom is 0.335 e. The zero-order chi connectivity index (χ0) is 18.7. The molecule has 0 atom stereocenters. The Morgan fingerprint density at radius 1 is 1.20 bits per heavy atom. The van der Waals surface area contributed by atoms with Gasteiger partial charge in [0, 0.05) is 28.6 Å². The molecule has 0 saturated carbocycles. The SMILES string of the molecule is CC1=NC\C(C)=C(Cc2c(Cl)ccc(C(=O)O)c2C)/N=C(C)/C(C)=C\1. The van der Waals surface area contributed by atoms with Crippen molar-refractivity contribution in [2.75, 3.05) is 6.54 Å². The van der Waals surface area contributed by atoms with Gasteiger partial charge in [0.1, 0.15) is 0 Å². The van der Waals surface area contributed by atoms with Gasteiger partial charge in [-0.25, -0.2) is 4.79 Å². The van der Waals surface area contributed by atoms with E-state index < -0.39 is 5.97 Å². The molecule has 25 heavy (non-hydrogen) atoms. The monoisotopic (exact) mass is 358 g/mol. The molecular formula is C20H23ClN2O2. The number of hydrogen-bond acceptors (Lipinski definition) is 3. The highest BCUT2D eigenvalue weighted by atomic mass is 35.5. The second-order valence-electron chi connectivity index (χ2n) is 6.39. The summed E-state index contributed by atoms with van der Waals surface area (Å²) in [6, 6.07) is 3.19. The fourth-order valence-electron chi connectivity index (χ4n) is 2.71. The molecule has 0 radical (unpaired) electrons. The molecule has 0 spiro atoms. The zero-order valence-electron chi connectivity index (χ0n) is 15.3. The molecule has 4 nitrogen and oxygen atoms in total. The molecule has 1 aromatic rings. The van der Waals surface area contributed by atoms with Gasteiger partial charge in [-0.1, -0.05) is 11.6 Å². The second kappa shape index (κ2) is 7.79. The Morgan fingerprint density at radius 2 is 1.88 bits per heavy atom. The van der Waals surface area contributed by atoms with Crippen LogP contribution in [0.25, 0.3) is 0 Å². The second-order valence-corrected chi connectivity index (χ2v) is 6.80. The molecule has 1 aliphatic rings. The van der Waals surface area contributed by atoms with E-state index in [2.05, 4.69) is 4.99 Å². The van der Waals surface area contributed by atoms with Crippen LogP contribution in [0.1, 0.15) is 49.2 Å². The lowest BCUT2D eigenvalue weighted by atomic mass is 9.97. The highest BCUT2D eigenvalue weighted by Gasteiger charge is 2.16. The van der Waals surface area contributed by atoms with Gasteiger partial charge in [0.25, 0.3) is 0 Å². The number of aliphatic imine (C=N–C) groups is 2. The highest BCUT2D eigenvalue weighted by molar-refractivity contribution is 6.31. The highest BCUT2D eigenvalue weighted by Crippen LogP contribution is 2.28. The van der Waals surface area contributed by atoms with Gasteiger partial charge in [-0.05, 0) is 75.1 Å². The van der Waals surface area contributed by atoms with Crippen molar-refractivity contribution >= 4 is 29.0 Å². The zero-order valence-corrected chi connectivity index (χ0v) is 16.0. The quantitative estimate of drug-likeness (QED) is 0.822. The largest absolute Gasteiger partial charge is 0.478 e. The van der Waals surface area contributed by atoms with E-state index in [-0.39, 0.29) is 5.56 Å². The van der Waals surface area contributed by atoms with Gasteiger partial charge in [-0.3, -0.25) is 9.98 Å². The number of hydrogen-bond donors (Lipinski definition) is 1. The molecule has 132 valence electrons. The summed E-state index contributed by atoms with van der Waals surface area (Å²) in [5.74, 6) is -0.950. The van der Waals surface area contributed by atoms with Crippen LogP contribution in [0, 0.1) is 6.92 Å². The van der Waals surface area contributed by atoms with Crippen LogP contribution in [-0.2, 0) is 6.42 Å². The summed E-state index contributed by atoms with van der Waals surface area (Å²) >= 11 is 6.36. The minimum atomic E-state index is -0.950. The lowest BCUT2D eigenvalue weighted by Gasteiger charge is -2.14. The maximum absolute atomic E-state index is 11.4. The fourth-order valence-corrected chi connectivity index (χ4v) is 2.99. The lowest BCUT2D eigenvalue weighted by molar-refractivity contribution is 0.0696. The molecule has 1 N–H and O–H groups in total. The molecule has 5 heteroatoms. The fraction of sp³-hybridized carbons (Fsp3) is 0.350. The van der Waals surface area contributed by atoms with Crippen molar-refractivity contribution in [2.24, 2.45) is 9.98 Å². The normalized spacial score (nSPS) is 22.7. The molecular weight excluding hydrogens is 336 g/mol. The van der Waals surface area contributed by atoms with Crippen molar-refractivity contribution in [3.63, 3.8) is 0 Å². The molecule has 0 fully saturated rings. The van der Waals surface area contributed by atoms with Crippen molar-refractivity contribution in [1.82, 2.24) is 0 Å². The number of carboxylic acids is 1. The third kappa shape index (κ3) is 4.45. The summed E-state index contributed by atoms with van der Waals surface area (Å²) in [6.07, 6.45) is 2.51. The van der Waals surface area contributed by atoms with E-state index in [1.165, 1.54) is 0 Å². The standard InChI is InChI=1S/C20H23ClN2O2/c1-11-8-13(3)22-10-12(2)19(23-15(11)5)9-17-14(4)16(20(24)25)6-7-18(17)21/h6-8H,9-10H2,1-5H3,(H,24,25)/b11-8-,19-12-,22-13?,23-15+. The molecule has 1 heterocycles. The van der Waals surface area contributed by atoms with Gasteiger partial charge >= 0.3 is 5.97 Å². The molecule has 0 aromatic heterocycles. The van der Waals surface area contributed by atoms with Crippen molar-refractivity contribution in [3.05, 3.63) is 56.8 Å². The summed E-state index contributed by atoms with van der Waals surface area (Å²) in [7, 11) is 0. The maximum atomic E-state index is 11.4. The van der Waals surface area contributed by atoms with Crippen LogP contribution >= 0.6 is 11.6 Å². The third-order valence-corrected chi connectivity index (χ3v) is 4.83. The predicted octanol–water partition coefficient (Wildman–Crippen LogP) is 5.04. The lowest BCUT2D eigenvalue weighted by Crippen LogP contribution is -2.06. The number of allylic oxidation sites excluding steroid dienone is 3. The summed E-state index contributed by atoms with van der Waals surface area (Å²) in [5, 5.41) is 9.91. The number of benzene rings is 1. The Bertz CT molecular complexity index is 845. The average Bonchev–Trinajstić information content (AvgIpc) is 2.57. The van der Waals surface area contributed by atoms with Gasteiger partial charge in [0.05, 0.1) is 12.1 Å². The van der Waals surface area contributed by atoms with Crippen LogP contribution in [0.4, 0.5) is 0 Å². The van der Waals surface area contributed by atoms with Crippen molar-refractivity contribution < 1.29 is 9.90 Å². The van der Waals surface area contributed by atoms with Crippen LogP contribution in [0.3, 0.4) is 0 Å². The van der Waals surface area contributed by atoms with E-state index in [1.807, 2.05) is 33.8 Å². The van der Waals surface area contributed by atoms with E-state index in [0.717, 1.165) is 33.8 Å². The molecule has 1 aliphatic heterocycles. The van der Waals surface area contributed by atoms with Crippen molar-refractivity contribution in [2.45, 2.75) is 41.0 Å². The number of rotatable bonds is 3. The first-order valence-electron chi connectivity index (χ1n) is 8.15. The molecule has 2 rings (SSSR count). The van der Waals surface area contributed by atoms with Crippen molar-refractivity contribution in [3.8, 4) is 0 Å². The van der Waals surface area contributed by atoms with E-state index >= 15 is 0 Å².